The van der Waals surface area contributed by atoms with E-state index in [0.29, 0.717) is 41.5 Å². The van der Waals surface area contributed by atoms with E-state index in [4.69, 9.17) is 37.4 Å². The van der Waals surface area contributed by atoms with E-state index in [2.05, 4.69) is 28.6 Å². The number of hydrogen-bond acceptors (Lipinski definition) is 7. The van der Waals surface area contributed by atoms with Gasteiger partial charge < -0.3 is 24.0 Å². The van der Waals surface area contributed by atoms with Gasteiger partial charge in [-0.25, -0.2) is 9.78 Å². The number of pyridine rings is 1. The van der Waals surface area contributed by atoms with Crippen molar-refractivity contribution in [3.05, 3.63) is 58.6 Å². The summed E-state index contributed by atoms with van der Waals surface area (Å²) in [6.45, 7) is 12.6. The SMILES string of the molecule is CCN(CC(C)C)C(=O)OCOc1ccc2ccc(OCCCCN3CCN(c4cccc(Cl)c4Cl)CC3)cc2n1. The molecule has 1 amide bonds. The third kappa shape index (κ3) is 9.02. The fraction of sp³-hybridized carbons (Fsp3) is 0.484. The number of anilines is 1. The number of ether oxygens (including phenoxy) is 3. The number of aromatic nitrogens is 1. The quantitative estimate of drug-likeness (QED) is 0.154. The molecule has 0 N–H and O–H groups in total. The Morgan fingerprint density at radius 1 is 1.02 bits per heavy atom. The molecule has 1 fully saturated rings. The maximum absolute atomic E-state index is 12.3. The predicted molar refractivity (Wildman–Crippen MR) is 166 cm³/mol. The van der Waals surface area contributed by atoms with E-state index in [1.54, 1.807) is 11.0 Å². The molecule has 8 nitrogen and oxygen atoms in total. The van der Waals surface area contributed by atoms with E-state index in [0.717, 1.165) is 67.9 Å². The Kier molecular flexibility index (Phi) is 11.6. The molecule has 1 aliphatic rings. The molecule has 2 aromatic carbocycles. The number of nitrogens with zero attached hydrogens (tertiary/aromatic N) is 4. The summed E-state index contributed by atoms with van der Waals surface area (Å²) in [4.78, 5) is 23.3. The van der Waals surface area contributed by atoms with E-state index in [-0.39, 0.29) is 12.9 Å². The van der Waals surface area contributed by atoms with Crippen molar-refractivity contribution in [3.8, 4) is 11.6 Å². The molecule has 0 atom stereocenters. The van der Waals surface area contributed by atoms with E-state index >= 15 is 0 Å². The number of fused-ring (bicyclic) bond motifs is 1. The number of carbonyl (C=O) groups excluding carboxylic acids is 1. The number of carbonyl (C=O) groups is 1. The first-order valence-corrected chi connectivity index (χ1v) is 15.1. The maximum Gasteiger partial charge on any atom is 0.412 e. The van der Waals surface area contributed by atoms with Gasteiger partial charge in [-0.15, -0.1) is 0 Å². The summed E-state index contributed by atoms with van der Waals surface area (Å²) in [5.74, 6) is 1.53. The molecule has 41 heavy (non-hydrogen) atoms. The lowest BCUT2D eigenvalue weighted by molar-refractivity contribution is 0.0320. The molecule has 0 radical (unpaired) electrons. The summed E-state index contributed by atoms with van der Waals surface area (Å²) >= 11 is 12.6. The number of rotatable bonds is 13. The Morgan fingerprint density at radius 2 is 1.80 bits per heavy atom. The van der Waals surface area contributed by atoms with Gasteiger partial charge in [0.2, 0.25) is 12.7 Å². The molecule has 4 rings (SSSR count). The van der Waals surface area contributed by atoms with Crippen LogP contribution in [-0.4, -0.2) is 80.1 Å². The molecule has 1 saturated heterocycles. The van der Waals surface area contributed by atoms with Crippen LogP contribution in [0.4, 0.5) is 10.5 Å². The van der Waals surface area contributed by atoms with Crippen molar-refractivity contribution in [1.29, 1.82) is 0 Å². The van der Waals surface area contributed by atoms with Crippen LogP contribution >= 0.6 is 23.2 Å². The molecule has 0 saturated carbocycles. The van der Waals surface area contributed by atoms with E-state index in [9.17, 15) is 4.79 Å². The van der Waals surface area contributed by atoms with Crippen molar-refractivity contribution in [2.45, 2.75) is 33.6 Å². The smallest absolute Gasteiger partial charge is 0.412 e. The molecular weight excluding hydrogens is 563 g/mol. The zero-order valence-corrected chi connectivity index (χ0v) is 25.7. The Morgan fingerprint density at radius 3 is 2.56 bits per heavy atom. The molecule has 10 heteroatoms. The third-order valence-electron chi connectivity index (χ3n) is 7.03. The van der Waals surface area contributed by atoms with Crippen molar-refractivity contribution >= 4 is 45.9 Å². The van der Waals surface area contributed by atoms with Gasteiger partial charge in [0.1, 0.15) is 5.75 Å². The second-order valence-electron chi connectivity index (χ2n) is 10.6. The zero-order chi connectivity index (χ0) is 29.2. The van der Waals surface area contributed by atoms with Crippen LogP contribution in [0.3, 0.4) is 0 Å². The molecule has 0 aliphatic carbocycles. The number of halogens is 2. The van der Waals surface area contributed by atoms with Crippen molar-refractivity contribution < 1.29 is 19.0 Å². The molecule has 0 bridgehead atoms. The van der Waals surface area contributed by atoms with Crippen molar-refractivity contribution in [3.63, 3.8) is 0 Å². The zero-order valence-electron chi connectivity index (χ0n) is 24.2. The van der Waals surface area contributed by atoms with Crippen molar-refractivity contribution in [1.82, 2.24) is 14.8 Å². The summed E-state index contributed by atoms with van der Waals surface area (Å²) in [7, 11) is 0. The molecule has 2 heterocycles. The normalized spacial score (nSPS) is 14.0. The topological polar surface area (TPSA) is 67.4 Å². The Bertz CT molecular complexity index is 1280. The number of amides is 1. The lowest BCUT2D eigenvalue weighted by Crippen LogP contribution is -2.46. The molecule has 1 aliphatic heterocycles. The minimum atomic E-state index is -0.387. The molecule has 0 spiro atoms. The minimum absolute atomic E-state index is 0.189. The van der Waals surface area contributed by atoms with Gasteiger partial charge >= 0.3 is 6.09 Å². The number of piperazine rings is 1. The lowest BCUT2D eigenvalue weighted by atomic mass is 10.2. The highest BCUT2D eigenvalue weighted by molar-refractivity contribution is 6.43. The van der Waals surface area contributed by atoms with Crippen LogP contribution in [0.1, 0.15) is 33.6 Å². The van der Waals surface area contributed by atoms with Crippen LogP contribution in [0.25, 0.3) is 10.9 Å². The van der Waals surface area contributed by atoms with Crippen LogP contribution < -0.4 is 14.4 Å². The van der Waals surface area contributed by atoms with Crippen molar-refractivity contribution in [2.75, 3.05) is 64.1 Å². The molecule has 0 unspecified atom stereocenters. The van der Waals surface area contributed by atoms with Crippen LogP contribution in [-0.2, 0) is 4.74 Å². The lowest BCUT2D eigenvalue weighted by Gasteiger charge is -2.36. The summed E-state index contributed by atoms with van der Waals surface area (Å²) < 4.78 is 16.9. The standard InChI is InChI=1S/C31H40Cl2N4O4/c1-4-36(21-23(2)3)31(38)41-22-40-29-13-11-24-10-12-25(20-27(24)34-29)39-19-6-5-14-35-15-17-37(18-16-35)28-9-7-8-26(32)30(28)33/h7-13,20,23H,4-6,14-19,21-22H2,1-3H3. The molecule has 222 valence electrons. The minimum Gasteiger partial charge on any atom is -0.494 e. The number of unbranched alkanes of at least 4 members (excludes halogenated alkanes) is 1. The van der Waals surface area contributed by atoms with Crippen molar-refractivity contribution in [2.24, 2.45) is 5.92 Å². The summed E-state index contributed by atoms with van der Waals surface area (Å²) in [6, 6.07) is 15.4. The fourth-order valence-electron chi connectivity index (χ4n) is 4.83. The largest absolute Gasteiger partial charge is 0.494 e. The maximum atomic E-state index is 12.3. The Labute approximate surface area is 253 Å². The average molecular weight is 604 g/mol. The van der Waals surface area contributed by atoms with Gasteiger partial charge in [0.15, 0.2) is 0 Å². The van der Waals surface area contributed by atoms with Gasteiger partial charge in [0.05, 0.1) is 27.9 Å². The van der Waals surface area contributed by atoms with Gasteiger partial charge in [-0.1, -0.05) is 43.1 Å². The first-order chi connectivity index (χ1) is 19.8. The van der Waals surface area contributed by atoms with Crippen LogP contribution in [0.15, 0.2) is 48.5 Å². The van der Waals surface area contributed by atoms with Gasteiger partial charge in [0, 0.05) is 56.8 Å². The van der Waals surface area contributed by atoms with Gasteiger partial charge in [-0.3, -0.25) is 4.90 Å². The predicted octanol–water partition coefficient (Wildman–Crippen LogP) is 6.97. The Balaban J connectivity index is 1.17. The highest BCUT2D eigenvalue weighted by atomic mass is 35.5. The number of benzene rings is 2. The van der Waals surface area contributed by atoms with E-state index in [1.165, 1.54) is 0 Å². The first kappa shape index (κ1) is 31.0. The number of hydrogen-bond donors (Lipinski definition) is 0. The molecular formula is C31H40Cl2N4O4. The van der Waals surface area contributed by atoms with Crippen LogP contribution in [0.5, 0.6) is 11.6 Å². The second kappa shape index (κ2) is 15.3. The summed E-state index contributed by atoms with van der Waals surface area (Å²) in [6.07, 6.45) is 1.64. The van der Waals surface area contributed by atoms with Crippen LogP contribution in [0, 0.1) is 5.92 Å². The summed E-state index contributed by atoms with van der Waals surface area (Å²) in [5, 5.41) is 2.21. The second-order valence-corrected chi connectivity index (χ2v) is 11.4. The van der Waals surface area contributed by atoms with Crippen LogP contribution in [0.2, 0.25) is 10.0 Å². The van der Waals surface area contributed by atoms with E-state index in [1.807, 2.05) is 49.4 Å². The van der Waals surface area contributed by atoms with E-state index < -0.39 is 0 Å². The first-order valence-electron chi connectivity index (χ1n) is 14.3. The van der Waals surface area contributed by atoms with Gasteiger partial charge in [0.25, 0.3) is 0 Å². The Hall–Kier alpha value is -2.94. The van der Waals surface area contributed by atoms with Gasteiger partial charge in [-0.2, -0.15) is 0 Å². The third-order valence-corrected chi connectivity index (χ3v) is 7.84. The summed E-state index contributed by atoms with van der Waals surface area (Å²) in [5.41, 5.74) is 1.78. The molecule has 3 aromatic rings. The fourth-order valence-corrected chi connectivity index (χ4v) is 5.25. The highest BCUT2D eigenvalue weighted by Gasteiger charge is 2.19. The van der Waals surface area contributed by atoms with Gasteiger partial charge in [-0.05, 0) is 62.6 Å². The monoisotopic (exact) mass is 602 g/mol. The highest BCUT2D eigenvalue weighted by Crippen LogP contribution is 2.33. The average Bonchev–Trinajstić information content (AvgIpc) is 2.97. The molecule has 1 aromatic heterocycles.